The van der Waals surface area contributed by atoms with Crippen LogP contribution in [0.1, 0.15) is 30.4 Å². The number of carboxylic acids is 1. The number of nitrogens with zero attached hydrogens (tertiary/aromatic N) is 1. The number of carbonyl (C=O) groups is 3. The molecule has 2 aromatic rings. The molecular weight excluding hydrogens is 498 g/mol. The van der Waals surface area contributed by atoms with Crippen molar-refractivity contribution in [2.45, 2.75) is 49.2 Å². The largest absolute Gasteiger partial charge is 0.480 e. The summed E-state index contributed by atoms with van der Waals surface area (Å²) in [5.74, 6) is -2.79. The van der Waals surface area contributed by atoms with Gasteiger partial charge in [0.05, 0.1) is 17.4 Å². The minimum absolute atomic E-state index is 0.0358. The molecule has 2 aromatic carbocycles. The van der Waals surface area contributed by atoms with Crippen LogP contribution >= 0.6 is 0 Å². The molecule has 0 bridgehead atoms. The Balaban J connectivity index is 2.10. The van der Waals surface area contributed by atoms with Crippen molar-refractivity contribution in [1.82, 2.24) is 10.2 Å². The minimum atomic E-state index is -3.33. The minimum Gasteiger partial charge on any atom is -0.480 e. The van der Waals surface area contributed by atoms with Gasteiger partial charge in [-0.05, 0) is 42.5 Å². The van der Waals surface area contributed by atoms with Gasteiger partial charge in [0.15, 0.2) is 21.6 Å². The second-order valence-corrected chi connectivity index (χ2v) is 10.7. The predicted octanol–water partition coefficient (Wildman–Crippen LogP) is 0.664. The smallest absolute Gasteiger partial charge is 0.320 e. The van der Waals surface area contributed by atoms with Crippen molar-refractivity contribution in [3.8, 4) is 0 Å². The Labute approximate surface area is 216 Å². The number of hydrogen-bond donors (Lipinski definition) is 5. The summed E-state index contributed by atoms with van der Waals surface area (Å²) < 4.78 is 23.4. The zero-order chi connectivity index (χ0) is 27.6. The van der Waals surface area contributed by atoms with Crippen molar-refractivity contribution in [2.75, 3.05) is 12.8 Å². The summed E-state index contributed by atoms with van der Waals surface area (Å²) in [6, 6.07) is 13.7. The van der Waals surface area contributed by atoms with Crippen LogP contribution < -0.4 is 16.8 Å². The van der Waals surface area contributed by atoms with E-state index in [1.165, 1.54) is 12.1 Å². The van der Waals surface area contributed by atoms with Gasteiger partial charge in [-0.25, -0.2) is 8.42 Å². The molecule has 2 atom stereocenters. The second-order valence-electron chi connectivity index (χ2n) is 8.70. The maximum Gasteiger partial charge on any atom is 0.320 e. The van der Waals surface area contributed by atoms with E-state index >= 15 is 0 Å². The standard InChI is InChI=1S/C25H33N5O6S/c1-37(35,36)19-11-9-18(10-12-19)16-29-21(14-17-6-3-2-4-7-17)22(31)15-23(32)30(25(27)28)13-5-8-20(26)24(33)34/h2-4,6-7,9-12,20-21,29H,5,8,13-16,26H2,1H3,(H3,27,28)(H,33,34). The van der Waals surface area contributed by atoms with Gasteiger partial charge in [-0.1, -0.05) is 42.5 Å². The molecule has 11 nitrogen and oxygen atoms in total. The number of guanidine groups is 1. The summed E-state index contributed by atoms with van der Waals surface area (Å²) in [4.78, 5) is 38.0. The first-order chi connectivity index (χ1) is 17.4. The van der Waals surface area contributed by atoms with Crippen molar-refractivity contribution in [3.63, 3.8) is 0 Å². The van der Waals surface area contributed by atoms with E-state index in [0.29, 0.717) is 6.42 Å². The van der Waals surface area contributed by atoms with Crippen LogP contribution in [-0.4, -0.2) is 66.9 Å². The summed E-state index contributed by atoms with van der Waals surface area (Å²) in [7, 11) is -3.33. The number of sulfone groups is 1. The summed E-state index contributed by atoms with van der Waals surface area (Å²) in [6.07, 6.45) is 1.19. The zero-order valence-electron chi connectivity index (χ0n) is 20.6. The van der Waals surface area contributed by atoms with E-state index in [4.69, 9.17) is 22.0 Å². The van der Waals surface area contributed by atoms with Crippen LogP contribution in [0.25, 0.3) is 0 Å². The Morgan fingerprint density at radius 3 is 2.22 bits per heavy atom. The fourth-order valence-electron chi connectivity index (χ4n) is 3.59. The molecule has 37 heavy (non-hydrogen) atoms. The number of rotatable bonds is 14. The van der Waals surface area contributed by atoms with Crippen LogP contribution in [0.2, 0.25) is 0 Å². The van der Waals surface area contributed by atoms with E-state index < -0.39 is 52.0 Å². The highest BCUT2D eigenvalue weighted by Crippen LogP contribution is 2.12. The summed E-state index contributed by atoms with van der Waals surface area (Å²) >= 11 is 0. The van der Waals surface area contributed by atoms with Crippen LogP contribution in [0.4, 0.5) is 0 Å². The van der Waals surface area contributed by atoms with E-state index in [9.17, 15) is 22.8 Å². The molecule has 0 radical (unpaired) electrons. The van der Waals surface area contributed by atoms with Gasteiger partial charge in [0, 0.05) is 19.3 Å². The van der Waals surface area contributed by atoms with Gasteiger partial charge in [-0.3, -0.25) is 24.7 Å². The molecular formula is C25H33N5O6S. The molecule has 0 fully saturated rings. The van der Waals surface area contributed by atoms with E-state index in [2.05, 4.69) is 5.32 Å². The lowest BCUT2D eigenvalue weighted by molar-refractivity contribution is -0.138. The second kappa shape index (κ2) is 13.6. The Bertz CT molecular complexity index is 1200. The Morgan fingerprint density at radius 2 is 1.68 bits per heavy atom. The van der Waals surface area contributed by atoms with E-state index in [1.807, 2.05) is 30.3 Å². The van der Waals surface area contributed by atoms with Crippen LogP contribution in [0.15, 0.2) is 59.5 Å². The fraction of sp³-hybridized carbons (Fsp3) is 0.360. The number of carbonyl (C=O) groups excluding carboxylic acids is 2. The molecule has 12 heteroatoms. The summed E-state index contributed by atoms with van der Waals surface area (Å²) in [5, 5.41) is 19.8. The van der Waals surface area contributed by atoms with E-state index in [1.54, 1.807) is 12.1 Å². The number of benzene rings is 2. The SMILES string of the molecule is CS(=O)(=O)c1ccc(CNC(Cc2ccccc2)C(=O)CC(=O)N(CCCC(N)C(=O)O)C(=N)N)cc1. The van der Waals surface area contributed by atoms with Gasteiger partial charge in [0.1, 0.15) is 6.04 Å². The molecule has 0 aromatic heterocycles. The van der Waals surface area contributed by atoms with Crippen molar-refractivity contribution >= 4 is 33.5 Å². The van der Waals surface area contributed by atoms with Gasteiger partial charge >= 0.3 is 5.97 Å². The molecule has 2 unspecified atom stereocenters. The topological polar surface area (TPSA) is 197 Å². The number of amides is 1. The van der Waals surface area contributed by atoms with Gasteiger partial charge in [0.25, 0.3) is 0 Å². The number of nitrogens with two attached hydrogens (primary N) is 2. The average Bonchev–Trinajstić information content (AvgIpc) is 2.84. The molecule has 0 saturated carbocycles. The molecule has 200 valence electrons. The molecule has 7 N–H and O–H groups in total. The molecule has 0 aliphatic carbocycles. The number of hydrogen-bond acceptors (Lipinski definition) is 8. The molecule has 2 rings (SSSR count). The normalized spacial score (nSPS) is 12.9. The maximum absolute atomic E-state index is 13.2. The van der Waals surface area contributed by atoms with Crippen molar-refractivity contribution in [3.05, 3.63) is 65.7 Å². The number of aliphatic carboxylic acids is 1. The molecule has 0 saturated heterocycles. The lowest BCUT2D eigenvalue weighted by atomic mass is 9.99. The third-order valence-corrected chi connectivity index (χ3v) is 6.84. The molecule has 0 aliphatic rings. The molecule has 0 spiro atoms. The van der Waals surface area contributed by atoms with E-state index in [-0.39, 0.29) is 30.8 Å². The number of nitrogens with one attached hydrogen (secondary N) is 2. The van der Waals surface area contributed by atoms with Crippen molar-refractivity contribution in [2.24, 2.45) is 11.5 Å². The number of ketones is 1. The summed E-state index contributed by atoms with van der Waals surface area (Å²) in [5.41, 5.74) is 12.6. The van der Waals surface area contributed by atoms with Gasteiger partial charge < -0.3 is 21.9 Å². The zero-order valence-corrected chi connectivity index (χ0v) is 21.4. The first-order valence-corrected chi connectivity index (χ1v) is 13.5. The fourth-order valence-corrected chi connectivity index (χ4v) is 4.22. The van der Waals surface area contributed by atoms with E-state index in [0.717, 1.165) is 22.3 Å². The summed E-state index contributed by atoms with van der Waals surface area (Å²) in [6.45, 7) is 0.219. The molecule has 0 aliphatic heterocycles. The van der Waals surface area contributed by atoms with Gasteiger partial charge in [-0.15, -0.1) is 0 Å². The number of Topliss-reactive ketones (excluding diaryl/α,β-unsaturated/α-hetero) is 1. The first-order valence-electron chi connectivity index (χ1n) is 11.6. The molecule has 0 heterocycles. The Hall–Kier alpha value is -3.61. The van der Waals surface area contributed by atoms with Crippen LogP contribution in [0.3, 0.4) is 0 Å². The van der Waals surface area contributed by atoms with Gasteiger partial charge in [0.2, 0.25) is 5.91 Å². The highest BCUT2D eigenvalue weighted by atomic mass is 32.2. The number of carboxylic acid groups (broad SMARTS) is 1. The third-order valence-electron chi connectivity index (χ3n) is 5.71. The quantitative estimate of drug-likeness (QED) is 0.132. The predicted molar refractivity (Wildman–Crippen MR) is 138 cm³/mol. The maximum atomic E-state index is 13.2. The van der Waals surface area contributed by atoms with Crippen molar-refractivity contribution < 1.29 is 27.9 Å². The molecule has 1 amide bonds. The van der Waals surface area contributed by atoms with Gasteiger partial charge in [-0.2, -0.15) is 0 Å². The lowest BCUT2D eigenvalue weighted by Gasteiger charge is -2.23. The van der Waals surface area contributed by atoms with Crippen LogP contribution in [0, 0.1) is 5.41 Å². The Morgan fingerprint density at radius 1 is 1.05 bits per heavy atom. The van der Waals surface area contributed by atoms with Crippen LogP contribution in [-0.2, 0) is 37.2 Å². The highest BCUT2D eigenvalue weighted by molar-refractivity contribution is 7.90. The monoisotopic (exact) mass is 531 g/mol. The Kier molecular flexibility index (Phi) is 10.9. The first kappa shape index (κ1) is 29.6. The average molecular weight is 532 g/mol. The van der Waals surface area contributed by atoms with Crippen molar-refractivity contribution in [1.29, 1.82) is 5.41 Å². The lowest BCUT2D eigenvalue weighted by Crippen LogP contribution is -2.46. The highest BCUT2D eigenvalue weighted by Gasteiger charge is 2.25. The van der Waals surface area contributed by atoms with Crippen LogP contribution in [0.5, 0.6) is 0 Å². The third kappa shape index (κ3) is 9.75.